The average molecular weight is 308 g/mol. The number of methoxy groups -OCH3 is 1. The van der Waals surface area contributed by atoms with Crippen LogP contribution in [0.25, 0.3) is 0 Å². The molecule has 1 N–H and O–H groups in total. The topological polar surface area (TPSA) is 72.8 Å². The van der Waals surface area contributed by atoms with Crippen LogP contribution in [0, 0.1) is 0 Å². The number of ether oxygens (including phenoxy) is 2. The van der Waals surface area contributed by atoms with Gasteiger partial charge < -0.3 is 14.6 Å². The van der Waals surface area contributed by atoms with Crippen molar-refractivity contribution in [3.63, 3.8) is 0 Å². The van der Waals surface area contributed by atoms with Crippen molar-refractivity contribution >= 4 is 11.9 Å². The second kappa shape index (κ2) is 9.82. The number of rotatable bonds is 10. The third-order valence-electron chi connectivity index (χ3n) is 3.34. The largest absolute Gasteiger partial charge is 0.494 e. The molecule has 0 atom stereocenters. The van der Waals surface area contributed by atoms with Gasteiger partial charge in [-0.3, -0.25) is 0 Å². The molecular formula is C17H24O5. The number of carbonyl (C=O) groups excluding carboxylic acids is 1. The van der Waals surface area contributed by atoms with Gasteiger partial charge in [0.25, 0.3) is 0 Å². The number of carboxylic acid groups (broad SMARTS) is 1. The summed E-state index contributed by atoms with van der Waals surface area (Å²) < 4.78 is 10.2. The van der Waals surface area contributed by atoms with Gasteiger partial charge in [0.05, 0.1) is 24.8 Å². The van der Waals surface area contributed by atoms with Gasteiger partial charge in [-0.2, -0.15) is 0 Å². The molecule has 0 spiro atoms. The Labute approximate surface area is 131 Å². The summed E-state index contributed by atoms with van der Waals surface area (Å²) in [5.41, 5.74) is 0.196. The molecule has 0 saturated heterocycles. The van der Waals surface area contributed by atoms with E-state index in [1.165, 1.54) is 51.0 Å². The quantitative estimate of drug-likeness (QED) is 0.524. The highest BCUT2D eigenvalue weighted by Crippen LogP contribution is 2.19. The molecule has 0 fully saturated rings. The third-order valence-corrected chi connectivity index (χ3v) is 3.34. The second-order valence-electron chi connectivity index (χ2n) is 5.16. The van der Waals surface area contributed by atoms with Crippen molar-refractivity contribution in [2.75, 3.05) is 13.7 Å². The molecule has 0 unspecified atom stereocenters. The predicted molar refractivity (Wildman–Crippen MR) is 83.6 cm³/mol. The first-order valence-corrected chi connectivity index (χ1v) is 7.68. The van der Waals surface area contributed by atoms with Gasteiger partial charge in [0, 0.05) is 0 Å². The van der Waals surface area contributed by atoms with Crippen molar-refractivity contribution in [3.05, 3.63) is 29.3 Å². The van der Waals surface area contributed by atoms with Gasteiger partial charge in [0.2, 0.25) is 0 Å². The first kappa shape index (κ1) is 18.0. The Morgan fingerprint density at radius 2 is 1.64 bits per heavy atom. The number of benzene rings is 1. The Hall–Kier alpha value is -2.04. The summed E-state index contributed by atoms with van der Waals surface area (Å²) in [6.45, 7) is 2.69. The molecule has 1 aromatic rings. The molecule has 122 valence electrons. The van der Waals surface area contributed by atoms with E-state index in [4.69, 9.17) is 9.84 Å². The monoisotopic (exact) mass is 308 g/mol. The van der Waals surface area contributed by atoms with Crippen molar-refractivity contribution in [2.45, 2.75) is 45.4 Å². The lowest BCUT2D eigenvalue weighted by Crippen LogP contribution is -2.06. The Bertz CT molecular complexity index is 496. The normalized spacial score (nSPS) is 10.3. The molecule has 0 aliphatic heterocycles. The number of unbranched alkanes of at least 4 members (excludes halogenated alkanes) is 5. The number of aromatic carboxylic acids is 1. The van der Waals surface area contributed by atoms with Crippen LogP contribution in [-0.4, -0.2) is 30.8 Å². The van der Waals surface area contributed by atoms with Crippen LogP contribution < -0.4 is 4.74 Å². The fourth-order valence-corrected chi connectivity index (χ4v) is 2.11. The van der Waals surface area contributed by atoms with Gasteiger partial charge >= 0.3 is 11.9 Å². The zero-order chi connectivity index (χ0) is 16.4. The molecule has 5 heteroatoms. The lowest BCUT2D eigenvalue weighted by atomic mass is 10.1. The van der Waals surface area contributed by atoms with Gasteiger partial charge in [-0.15, -0.1) is 0 Å². The van der Waals surface area contributed by atoms with Crippen molar-refractivity contribution in [2.24, 2.45) is 0 Å². The number of carboxylic acids is 1. The minimum absolute atomic E-state index is 0.0147. The smallest absolute Gasteiger partial charge is 0.338 e. The zero-order valence-electron chi connectivity index (χ0n) is 13.3. The second-order valence-corrected chi connectivity index (χ2v) is 5.16. The molecule has 1 rings (SSSR count). The van der Waals surface area contributed by atoms with Crippen LogP contribution in [0.4, 0.5) is 0 Å². The van der Waals surface area contributed by atoms with E-state index in [0.717, 1.165) is 12.8 Å². The van der Waals surface area contributed by atoms with Crippen LogP contribution in [0.3, 0.4) is 0 Å². The Kier molecular flexibility index (Phi) is 8.04. The van der Waals surface area contributed by atoms with Crippen molar-refractivity contribution in [1.82, 2.24) is 0 Å². The summed E-state index contributed by atoms with van der Waals surface area (Å²) in [4.78, 5) is 22.6. The maximum atomic E-state index is 11.5. The number of hydrogen-bond donors (Lipinski definition) is 1. The van der Waals surface area contributed by atoms with E-state index in [-0.39, 0.29) is 11.1 Å². The van der Waals surface area contributed by atoms with E-state index < -0.39 is 11.9 Å². The SMILES string of the molecule is CCCCCCCCOc1cc(C(=O)O)cc(C(=O)OC)c1. The van der Waals surface area contributed by atoms with Crippen molar-refractivity contribution in [1.29, 1.82) is 0 Å². The summed E-state index contributed by atoms with van der Waals surface area (Å²) in [5.74, 6) is -1.29. The molecule has 0 aliphatic rings. The van der Waals surface area contributed by atoms with E-state index in [0.29, 0.717) is 12.4 Å². The maximum Gasteiger partial charge on any atom is 0.338 e. The zero-order valence-corrected chi connectivity index (χ0v) is 13.3. The van der Waals surface area contributed by atoms with Gasteiger partial charge in [-0.25, -0.2) is 9.59 Å². The molecule has 0 radical (unpaired) electrons. The number of esters is 1. The van der Waals surface area contributed by atoms with Crippen molar-refractivity contribution in [3.8, 4) is 5.75 Å². The van der Waals surface area contributed by atoms with E-state index in [2.05, 4.69) is 11.7 Å². The van der Waals surface area contributed by atoms with Crippen molar-refractivity contribution < 1.29 is 24.2 Å². The summed E-state index contributed by atoms with van der Waals surface area (Å²) >= 11 is 0. The van der Waals surface area contributed by atoms with Crippen LogP contribution in [0.15, 0.2) is 18.2 Å². The maximum absolute atomic E-state index is 11.5. The lowest BCUT2D eigenvalue weighted by Gasteiger charge is -2.09. The first-order chi connectivity index (χ1) is 10.6. The predicted octanol–water partition coefficient (Wildman–Crippen LogP) is 3.91. The molecule has 0 saturated carbocycles. The summed E-state index contributed by atoms with van der Waals surface area (Å²) in [7, 11) is 1.26. The number of carbonyl (C=O) groups is 2. The molecule has 0 amide bonds. The standard InChI is InChI=1S/C17H24O5/c1-3-4-5-6-7-8-9-22-15-11-13(16(18)19)10-14(12-15)17(20)21-2/h10-12H,3-9H2,1-2H3,(H,18,19). The molecule has 0 aliphatic carbocycles. The Morgan fingerprint density at radius 3 is 2.27 bits per heavy atom. The molecular weight excluding hydrogens is 284 g/mol. The fraction of sp³-hybridized carbons (Fsp3) is 0.529. The highest BCUT2D eigenvalue weighted by molar-refractivity contribution is 5.95. The highest BCUT2D eigenvalue weighted by atomic mass is 16.5. The molecule has 0 aromatic heterocycles. The van der Waals surface area contributed by atoms with Crippen LogP contribution in [0.5, 0.6) is 5.75 Å². The minimum Gasteiger partial charge on any atom is -0.494 e. The van der Waals surface area contributed by atoms with Gasteiger partial charge in [-0.05, 0) is 24.6 Å². The molecule has 0 bridgehead atoms. The lowest BCUT2D eigenvalue weighted by molar-refractivity contribution is 0.0600. The Balaban J connectivity index is 2.56. The summed E-state index contributed by atoms with van der Waals surface area (Å²) in [5, 5.41) is 9.07. The first-order valence-electron chi connectivity index (χ1n) is 7.68. The molecule has 0 heterocycles. The van der Waals surface area contributed by atoms with Crippen LogP contribution in [0.2, 0.25) is 0 Å². The van der Waals surface area contributed by atoms with Gasteiger partial charge in [-0.1, -0.05) is 39.0 Å². The average Bonchev–Trinajstić information content (AvgIpc) is 2.52. The third kappa shape index (κ3) is 6.16. The van der Waals surface area contributed by atoms with Gasteiger partial charge in [0.1, 0.15) is 5.75 Å². The fourth-order valence-electron chi connectivity index (χ4n) is 2.11. The molecule has 22 heavy (non-hydrogen) atoms. The van der Waals surface area contributed by atoms with Crippen LogP contribution in [0.1, 0.15) is 66.2 Å². The van der Waals surface area contributed by atoms with E-state index in [1.54, 1.807) is 0 Å². The highest BCUT2D eigenvalue weighted by Gasteiger charge is 2.13. The minimum atomic E-state index is -1.10. The van der Waals surface area contributed by atoms with E-state index in [9.17, 15) is 9.59 Å². The summed E-state index contributed by atoms with van der Waals surface area (Å²) in [6, 6.07) is 4.22. The Morgan fingerprint density at radius 1 is 1.00 bits per heavy atom. The summed E-state index contributed by atoms with van der Waals surface area (Å²) in [6.07, 6.45) is 6.88. The van der Waals surface area contributed by atoms with Gasteiger partial charge in [0.15, 0.2) is 0 Å². The number of hydrogen-bond acceptors (Lipinski definition) is 4. The van der Waals surface area contributed by atoms with Crippen LogP contribution in [-0.2, 0) is 4.74 Å². The van der Waals surface area contributed by atoms with E-state index >= 15 is 0 Å². The van der Waals surface area contributed by atoms with Crippen LogP contribution >= 0.6 is 0 Å². The molecule has 5 nitrogen and oxygen atoms in total. The van der Waals surface area contributed by atoms with E-state index in [1.807, 2.05) is 0 Å². The molecule has 1 aromatic carbocycles.